The summed E-state index contributed by atoms with van der Waals surface area (Å²) in [5.41, 5.74) is 6.90. The maximum atomic E-state index is 12.3. The number of alkyl halides is 2. The van der Waals surface area contributed by atoms with Crippen molar-refractivity contribution < 1.29 is 18.7 Å². The summed E-state index contributed by atoms with van der Waals surface area (Å²) in [7, 11) is 0. The third-order valence-electron chi connectivity index (χ3n) is 2.50. The van der Waals surface area contributed by atoms with E-state index in [1.807, 2.05) is 0 Å². The van der Waals surface area contributed by atoms with Crippen LogP contribution in [0.5, 0.6) is 0 Å². The molecule has 1 unspecified atom stereocenters. The van der Waals surface area contributed by atoms with Crippen molar-refractivity contribution in [1.82, 2.24) is 0 Å². The first-order chi connectivity index (χ1) is 8.00. The second-order valence-electron chi connectivity index (χ2n) is 3.83. The number of carboxylic acid groups (broad SMARTS) is 1. The van der Waals surface area contributed by atoms with Gasteiger partial charge in [-0.2, -0.15) is 0 Å². The molecule has 0 aromatic heterocycles. The van der Waals surface area contributed by atoms with E-state index in [0.717, 1.165) is 0 Å². The van der Waals surface area contributed by atoms with E-state index in [2.05, 4.69) is 0 Å². The first-order valence-corrected chi connectivity index (χ1v) is 5.34. The van der Waals surface area contributed by atoms with Crippen LogP contribution in [-0.4, -0.2) is 17.5 Å². The molecule has 0 aliphatic rings. The number of carbonyl (C=O) groups is 1. The van der Waals surface area contributed by atoms with Gasteiger partial charge >= 0.3 is 5.97 Å². The van der Waals surface area contributed by atoms with Crippen LogP contribution in [0.25, 0.3) is 0 Å². The van der Waals surface area contributed by atoms with Crippen LogP contribution in [0.2, 0.25) is 0 Å². The molecule has 94 valence electrons. The summed E-state index contributed by atoms with van der Waals surface area (Å²) in [6.07, 6.45) is -2.60. The van der Waals surface area contributed by atoms with Gasteiger partial charge in [-0.05, 0) is 17.5 Å². The molecule has 0 aliphatic carbocycles. The smallest absolute Gasteiger partial charge is 0.303 e. The molecule has 1 rings (SSSR count). The molecule has 0 fully saturated rings. The molecule has 0 saturated heterocycles. The second-order valence-corrected chi connectivity index (χ2v) is 3.83. The first-order valence-electron chi connectivity index (χ1n) is 5.34. The third-order valence-corrected chi connectivity index (χ3v) is 2.50. The van der Waals surface area contributed by atoms with Crippen LogP contribution in [0.4, 0.5) is 8.78 Å². The zero-order valence-corrected chi connectivity index (χ0v) is 9.27. The average Bonchev–Trinajstić information content (AvgIpc) is 2.25. The van der Waals surface area contributed by atoms with E-state index in [-0.39, 0.29) is 19.3 Å². The number of rotatable bonds is 6. The molecule has 1 aromatic carbocycles. The highest BCUT2D eigenvalue weighted by Gasteiger charge is 2.14. The van der Waals surface area contributed by atoms with Crippen LogP contribution in [0, 0.1) is 0 Å². The molecule has 0 spiro atoms. The van der Waals surface area contributed by atoms with Crippen molar-refractivity contribution in [3.05, 3.63) is 35.4 Å². The highest BCUT2D eigenvalue weighted by Crippen LogP contribution is 2.22. The van der Waals surface area contributed by atoms with Gasteiger partial charge in [0.2, 0.25) is 6.43 Å². The number of nitrogens with two attached hydrogens (primary N) is 1. The molecule has 5 heteroatoms. The van der Waals surface area contributed by atoms with Gasteiger partial charge in [0.25, 0.3) is 0 Å². The molecule has 0 aliphatic heterocycles. The van der Waals surface area contributed by atoms with Gasteiger partial charge in [-0.1, -0.05) is 24.3 Å². The molecule has 17 heavy (non-hydrogen) atoms. The van der Waals surface area contributed by atoms with Crippen LogP contribution in [0.1, 0.15) is 30.0 Å². The Balaban J connectivity index is 2.77. The van der Waals surface area contributed by atoms with Gasteiger partial charge in [0.15, 0.2) is 0 Å². The van der Waals surface area contributed by atoms with Crippen LogP contribution in [0.15, 0.2) is 24.3 Å². The molecule has 0 heterocycles. The summed E-state index contributed by atoms with van der Waals surface area (Å²) in [6, 6.07) is 6.14. The number of hydrogen-bond donors (Lipinski definition) is 2. The summed E-state index contributed by atoms with van der Waals surface area (Å²) in [5.74, 6) is -0.938. The van der Waals surface area contributed by atoms with Crippen molar-refractivity contribution in [2.24, 2.45) is 5.73 Å². The van der Waals surface area contributed by atoms with Crippen LogP contribution < -0.4 is 5.73 Å². The van der Waals surface area contributed by atoms with Gasteiger partial charge in [-0.3, -0.25) is 4.79 Å². The van der Waals surface area contributed by atoms with Crippen molar-refractivity contribution in [2.75, 3.05) is 0 Å². The SMILES string of the molecule is NC(CCC(=O)O)c1ccccc1CC(F)F. The van der Waals surface area contributed by atoms with Gasteiger partial charge in [0, 0.05) is 18.9 Å². The lowest BCUT2D eigenvalue weighted by Gasteiger charge is -2.15. The van der Waals surface area contributed by atoms with E-state index in [1.165, 1.54) is 0 Å². The van der Waals surface area contributed by atoms with Gasteiger partial charge in [-0.15, -0.1) is 0 Å². The minimum absolute atomic E-state index is 0.0653. The molecule has 1 atom stereocenters. The predicted molar refractivity (Wildman–Crippen MR) is 59.9 cm³/mol. The molecule has 0 amide bonds. The molecular formula is C12H15F2NO2. The fourth-order valence-corrected chi connectivity index (χ4v) is 1.68. The van der Waals surface area contributed by atoms with Crippen LogP contribution >= 0.6 is 0 Å². The van der Waals surface area contributed by atoms with E-state index >= 15 is 0 Å². The lowest BCUT2D eigenvalue weighted by molar-refractivity contribution is -0.137. The van der Waals surface area contributed by atoms with E-state index < -0.39 is 18.4 Å². The van der Waals surface area contributed by atoms with Crippen molar-refractivity contribution in [3.8, 4) is 0 Å². The van der Waals surface area contributed by atoms with Gasteiger partial charge in [0.05, 0.1) is 0 Å². The highest BCUT2D eigenvalue weighted by molar-refractivity contribution is 5.66. The predicted octanol–water partition coefficient (Wildman–Crippen LogP) is 2.36. The molecule has 3 nitrogen and oxygen atoms in total. The lowest BCUT2D eigenvalue weighted by Crippen LogP contribution is -2.15. The number of halogens is 2. The van der Waals surface area contributed by atoms with Crippen molar-refractivity contribution in [3.63, 3.8) is 0 Å². The van der Waals surface area contributed by atoms with E-state index in [4.69, 9.17) is 10.8 Å². The number of carboxylic acids is 1. The largest absolute Gasteiger partial charge is 0.481 e. The molecule has 0 saturated carbocycles. The summed E-state index contributed by atoms with van der Waals surface area (Å²) in [6.45, 7) is 0. The monoisotopic (exact) mass is 243 g/mol. The number of aliphatic carboxylic acids is 1. The number of benzene rings is 1. The van der Waals surface area contributed by atoms with E-state index in [1.54, 1.807) is 24.3 Å². The van der Waals surface area contributed by atoms with Crippen LogP contribution in [0.3, 0.4) is 0 Å². The van der Waals surface area contributed by atoms with E-state index in [0.29, 0.717) is 11.1 Å². The molecule has 0 bridgehead atoms. The maximum Gasteiger partial charge on any atom is 0.303 e. The van der Waals surface area contributed by atoms with Gasteiger partial charge in [-0.25, -0.2) is 8.78 Å². The standard InChI is InChI=1S/C12H15F2NO2/c13-11(14)7-8-3-1-2-4-9(8)10(15)5-6-12(16)17/h1-4,10-11H,5-7,15H2,(H,16,17). The Morgan fingerprint density at radius 2 is 2.00 bits per heavy atom. The summed E-state index contributed by atoms with van der Waals surface area (Å²) >= 11 is 0. The van der Waals surface area contributed by atoms with Gasteiger partial charge < -0.3 is 10.8 Å². The van der Waals surface area contributed by atoms with Crippen LogP contribution in [-0.2, 0) is 11.2 Å². The van der Waals surface area contributed by atoms with E-state index in [9.17, 15) is 13.6 Å². The summed E-state index contributed by atoms with van der Waals surface area (Å²) < 4.78 is 24.7. The zero-order valence-electron chi connectivity index (χ0n) is 9.27. The Morgan fingerprint density at radius 1 is 1.35 bits per heavy atom. The Kier molecular flexibility index (Phi) is 5.03. The Morgan fingerprint density at radius 3 is 2.59 bits per heavy atom. The average molecular weight is 243 g/mol. The fraction of sp³-hybridized carbons (Fsp3) is 0.417. The minimum atomic E-state index is -2.43. The first kappa shape index (κ1) is 13.6. The highest BCUT2D eigenvalue weighted by atomic mass is 19.3. The van der Waals surface area contributed by atoms with Crippen molar-refractivity contribution in [2.45, 2.75) is 31.7 Å². The number of hydrogen-bond acceptors (Lipinski definition) is 2. The normalized spacial score (nSPS) is 12.7. The summed E-state index contributed by atoms with van der Waals surface area (Å²) in [4.78, 5) is 10.4. The van der Waals surface area contributed by atoms with Crippen molar-refractivity contribution >= 4 is 5.97 Å². The van der Waals surface area contributed by atoms with Gasteiger partial charge in [0.1, 0.15) is 0 Å². The quantitative estimate of drug-likeness (QED) is 0.806. The van der Waals surface area contributed by atoms with Crippen molar-refractivity contribution in [1.29, 1.82) is 0 Å². The third kappa shape index (κ3) is 4.48. The second kappa shape index (κ2) is 6.30. The molecular weight excluding hydrogens is 228 g/mol. The fourth-order valence-electron chi connectivity index (χ4n) is 1.68. The molecule has 3 N–H and O–H groups in total. The Bertz CT molecular complexity index is 383. The Hall–Kier alpha value is -1.49. The maximum absolute atomic E-state index is 12.3. The topological polar surface area (TPSA) is 63.3 Å². The lowest BCUT2D eigenvalue weighted by atomic mass is 9.96. The summed E-state index contributed by atoms with van der Waals surface area (Å²) in [5, 5.41) is 8.55. The zero-order chi connectivity index (χ0) is 12.8. The molecule has 1 aromatic rings. The minimum Gasteiger partial charge on any atom is -0.481 e. The molecule has 0 radical (unpaired) electrons. The Labute approximate surface area is 98.2 Å².